The summed E-state index contributed by atoms with van der Waals surface area (Å²) in [7, 11) is -3.77. The molecule has 3 N–H and O–H groups in total. The van der Waals surface area contributed by atoms with Crippen molar-refractivity contribution >= 4 is 31.9 Å². The molecule has 116 valence electrons. The van der Waals surface area contributed by atoms with Gasteiger partial charge in [0.25, 0.3) is 5.91 Å². The van der Waals surface area contributed by atoms with Gasteiger partial charge in [-0.2, -0.15) is 0 Å². The minimum absolute atomic E-state index is 0.00946. The molecular weight excluding hydrogens is 370 g/mol. The van der Waals surface area contributed by atoms with Crippen molar-refractivity contribution in [3.8, 4) is 0 Å². The normalized spacial score (nSPS) is 12.7. The average molecular weight is 384 g/mol. The van der Waals surface area contributed by atoms with E-state index >= 15 is 0 Å². The van der Waals surface area contributed by atoms with E-state index in [1.807, 2.05) is 0 Å². The van der Waals surface area contributed by atoms with Gasteiger partial charge in [0, 0.05) is 16.9 Å². The lowest BCUT2D eigenvalue weighted by Crippen LogP contribution is -2.27. The Morgan fingerprint density at radius 2 is 2.05 bits per heavy atom. The molecule has 1 unspecified atom stereocenters. The first kappa shape index (κ1) is 16.6. The van der Waals surface area contributed by atoms with Crippen LogP contribution in [0, 0.1) is 0 Å². The molecule has 8 heteroatoms. The van der Waals surface area contributed by atoms with E-state index < -0.39 is 10.0 Å². The Hall–Kier alpha value is -1.77. The molecule has 0 radical (unpaired) electrons. The van der Waals surface area contributed by atoms with Crippen LogP contribution >= 0.6 is 15.9 Å². The van der Waals surface area contributed by atoms with E-state index in [2.05, 4.69) is 26.2 Å². The Morgan fingerprint density at radius 1 is 1.32 bits per heavy atom. The van der Waals surface area contributed by atoms with Crippen LogP contribution in [-0.4, -0.2) is 19.3 Å². The van der Waals surface area contributed by atoms with Crippen LogP contribution in [0.4, 0.5) is 0 Å². The molecule has 1 aromatic carbocycles. The second-order valence-corrected chi connectivity index (χ2v) is 7.18. The van der Waals surface area contributed by atoms with Crippen molar-refractivity contribution in [1.82, 2.24) is 10.3 Å². The lowest BCUT2D eigenvalue weighted by molar-refractivity contribution is 0.0939. The van der Waals surface area contributed by atoms with E-state index in [4.69, 9.17) is 5.14 Å². The smallest absolute Gasteiger partial charge is 0.253 e. The third-order valence-corrected chi connectivity index (χ3v) is 4.35. The number of sulfonamides is 1. The van der Waals surface area contributed by atoms with Gasteiger partial charge in [0.05, 0.1) is 16.5 Å². The number of benzene rings is 1. The maximum atomic E-state index is 12.1. The van der Waals surface area contributed by atoms with Crippen molar-refractivity contribution in [3.05, 3.63) is 58.3 Å². The van der Waals surface area contributed by atoms with Crippen molar-refractivity contribution in [3.63, 3.8) is 0 Å². The Kier molecular flexibility index (Phi) is 4.94. The van der Waals surface area contributed by atoms with Crippen LogP contribution in [0.1, 0.15) is 28.9 Å². The highest BCUT2D eigenvalue weighted by Gasteiger charge is 2.14. The van der Waals surface area contributed by atoms with E-state index in [1.165, 1.54) is 18.3 Å². The first-order chi connectivity index (χ1) is 10.3. The van der Waals surface area contributed by atoms with Crippen LogP contribution in [0.25, 0.3) is 0 Å². The highest BCUT2D eigenvalue weighted by molar-refractivity contribution is 9.10. The Morgan fingerprint density at radius 3 is 2.68 bits per heavy atom. The van der Waals surface area contributed by atoms with E-state index in [0.29, 0.717) is 15.6 Å². The number of nitrogens with two attached hydrogens (primary N) is 1. The summed E-state index contributed by atoms with van der Waals surface area (Å²) in [4.78, 5) is 16.1. The van der Waals surface area contributed by atoms with Gasteiger partial charge < -0.3 is 5.32 Å². The van der Waals surface area contributed by atoms with Gasteiger partial charge >= 0.3 is 0 Å². The number of rotatable bonds is 4. The van der Waals surface area contributed by atoms with E-state index in [-0.39, 0.29) is 16.8 Å². The number of nitrogens with zero attached hydrogens (tertiary/aromatic N) is 1. The van der Waals surface area contributed by atoms with Crippen molar-refractivity contribution < 1.29 is 13.2 Å². The lowest BCUT2D eigenvalue weighted by Gasteiger charge is -2.15. The molecule has 1 amide bonds. The SMILES string of the molecule is CC(NC(=O)c1cncc(Br)c1)c1cccc(S(N)(=O)=O)c1. The molecule has 0 bridgehead atoms. The van der Waals surface area contributed by atoms with Crippen LogP contribution in [0.5, 0.6) is 0 Å². The second-order valence-electron chi connectivity index (χ2n) is 4.70. The molecule has 0 aliphatic heterocycles. The van der Waals surface area contributed by atoms with Crippen LogP contribution in [0.15, 0.2) is 52.1 Å². The number of pyridine rings is 1. The van der Waals surface area contributed by atoms with Crippen molar-refractivity contribution in [2.24, 2.45) is 5.14 Å². The first-order valence-electron chi connectivity index (χ1n) is 6.31. The number of nitrogens with one attached hydrogen (secondary N) is 1. The molecule has 0 aliphatic carbocycles. The Bertz CT molecular complexity index is 808. The molecule has 2 rings (SSSR count). The zero-order valence-corrected chi connectivity index (χ0v) is 14.1. The monoisotopic (exact) mass is 383 g/mol. The number of carbonyl (C=O) groups excluding carboxylic acids is 1. The van der Waals surface area contributed by atoms with Crippen molar-refractivity contribution in [2.75, 3.05) is 0 Å². The number of hydrogen-bond acceptors (Lipinski definition) is 4. The van der Waals surface area contributed by atoms with Gasteiger partial charge in [-0.1, -0.05) is 12.1 Å². The second kappa shape index (κ2) is 6.55. The maximum absolute atomic E-state index is 12.1. The van der Waals surface area contributed by atoms with Gasteiger partial charge in [0.2, 0.25) is 10.0 Å². The van der Waals surface area contributed by atoms with E-state index in [1.54, 1.807) is 31.3 Å². The summed E-state index contributed by atoms with van der Waals surface area (Å²) in [6, 6.07) is 7.42. The van der Waals surface area contributed by atoms with E-state index in [0.717, 1.165) is 0 Å². The fraction of sp³-hybridized carbons (Fsp3) is 0.143. The number of halogens is 1. The summed E-state index contributed by atoms with van der Waals surface area (Å²) in [5, 5.41) is 7.89. The van der Waals surface area contributed by atoms with Gasteiger partial charge in [-0.15, -0.1) is 0 Å². The molecule has 0 fully saturated rings. The summed E-state index contributed by atoms with van der Waals surface area (Å²) in [5.74, 6) is -0.303. The molecule has 0 aliphatic rings. The molecule has 6 nitrogen and oxygen atoms in total. The number of hydrogen-bond donors (Lipinski definition) is 2. The van der Waals surface area contributed by atoms with Gasteiger partial charge in [0.15, 0.2) is 0 Å². The van der Waals surface area contributed by atoms with Gasteiger partial charge in [-0.05, 0) is 46.6 Å². The molecule has 22 heavy (non-hydrogen) atoms. The number of aromatic nitrogens is 1. The topological polar surface area (TPSA) is 102 Å². The quantitative estimate of drug-likeness (QED) is 0.842. The number of primary sulfonamides is 1. The number of carbonyl (C=O) groups is 1. The van der Waals surface area contributed by atoms with Crippen LogP contribution in [-0.2, 0) is 10.0 Å². The van der Waals surface area contributed by atoms with E-state index in [9.17, 15) is 13.2 Å². The fourth-order valence-corrected chi connectivity index (χ4v) is 2.79. The molecule has 0 spiro atoms. The van der Waals surface area contributed by atoms with Crippen molar-refractivity contribution in [2.45, 2.75) is 17.9 Å². The Labute approximate surface area is 136 Å². The first-order valence-corrected chi connectivity index (χ1v) is 8.65. The van der Waals surface area contributed by atoms with Crippen molar-refractivity contribution in [1.29, 1.82) is 0 Å². The fourth-order valence-electron chi connectivity index (χ4n) is 1.86. The average Bonchev–Trinajstić information content (AvgIpc) is 2.46. The summed E-state index contributed by atoms with van der Waals surface area (Å²) < 4.78 is 23.4. The number of amides is 1. The molecule has 0 saturated carbocycles. The summed E-state index contributed by atoms with van der Waals surface area (Å²) in [5.41, 5.74) is 1.05. The molecule has 2 aromatic rings. The minimum atomic E-state index is -3.77. The molecule has 0 saturated heterocycles. The van der Waals surface area contributed by atoms with Crippen LogP contribution in [0.2, 0.25) is 0 Å². The summed E-state index contributed by atoms with van der Waals surface area (Å²) >= 11 is 3.25. The molecule has 1 heterocycles. The van der Waals surface area contributed by atoms with Gasteiger partial charge in [0.1, 0.15) is 0 Å². The molecule has 1 aromatic heterocycles. The maximum Gasteiger partial charge on any atom is 0.253 e. The minimum Gasteiger partial charge on any atom is -0.345 e. The zero-order chi connectivity index (χ0) is 16.3. The van der Waals surface area contributed by atoms with Crippen LogP contribution in [0.3, 0.4) is 0 Å². The van der Waals surface area contributed by atoms with Gasteiger partial charge in [-0.25, -0.2) is 13.6 Å². The predicted octanol–water partition coefficient (Wildman–Crippen LogP) is 1.98. The summed E-state index contributed by atoms with van der Waals surface area (Å²) in [6.45, 7) is 1.76. The highest BCUT2D eigenvalue weighted by atomic mass is 79.9. The largest absolute Gasteiger partial charge is 0.345 e. The Balaban J connectivity index is 2.19. The van der Waals surface area contributed by atoms with Crippen LogP contribution < -0.4 is 10.5 Å². The summed E-state index contributed by atoms with van der Waals surface area (Å²) in [6.07, 6.45) is 3.03. The lowest BCUT2D eigenvalue weighted by atomic mass is 10.1. The van der Waals surface area contributed by atoms with Gasteiger partial charge in [-0.3, -0.25) is 9.78 Å². The third kappa shape index (κ3) is 4.12. The standard InChI is InChI=1S/C14H14BrN3O3S/c1-9(10-3-2-4-13(6-10)22(16,20)21)18-14(19)11-5-12(15)8-17-7-11/h2-9H,1H3,(H,18,19)(H2,16,20,21). The molecular formula is C14H14BrN3O3S. The highest BCUT2D eigenvalue weighted by Crippen LogP contribution is 2.17. The third-order valence-electron chi connectivity index (χ3n) is 3.00. The molecule has 1 atom stereocenters. The zero-order valence-electron chi connectivity index (χ0n) is 11.7. The predicted molar refractivity (Wildman–Crippen MR) is 85.6 cm³/mol.